The fourth-order valence-corrected chi connectivity index (χ4v) is 1.54. The molecule has 96 valence electrons. The van der Waals surface area contributed by atoms with E-state index in [0.717, 1.165) is 23.5 Å². The predicted octanol–water partition coefficient (Wildman–Crippen LogP) is 4.22. The molecule has 0 spiro atoms. The van der Waals surface area contributed by atoms with Crippen molar-refractivity contribution in [1.29, 1.82) is 0 Å². The lowest BCUT2D eigenvalue weighted by atomic mass is 10.2. The highest BCUT2D eigenvalue weighted by Gasteiger charge is 2.29. The normalized spacial score (nSPS) is 11.6. The van der Waals surface area contributed by atoms with Gasteiger partial charge in [0.25, 0.3) is 0 Å². The fourth-order valence-electron chi connectivity index (χ4n) is 1.54. The minimum absolute atomic E-state index is 0.449. The second-order valence-electron chi connectivity index (χ2n) is 3.96. The van der Waals surface area contributed by atoms with E-state index in [1.807, 2.05) is 13.0 Å². The van der Waals surface area contributed by atoms with Gasteiger partial charge in [-0.3, -0.25) is 0 Å². The molecule has 2 rings (SSSR count). The molecule has 0 aliphatic heterocycles. The third kappa shape index (κ3) is 2.85. The van der Waals surface area contributed by atoms with E-state index in [-0.39, 0.29) is 0 Å². The molecule has 0 aliphatic rings. The summed E-state index contributed by atoms with van der Waals surface area (Å²) in [6, 6.07) is 6.75. The average molecular weight is 255 g/mol. The standard InChI is InChI=1S/C13H12F3NO/c1-9-6-7-18-12(9)8-17-11-4-2-10(3-5-11)13(14,15)16/h2-7,17H,8H2,1H3. The quantitative estimate of drug-likeness (QED) is 0.888. The molecule has 2 nitrogen and oxygen atoms in total. The summed E-state index contributed by atoms with van der Waals surface area (Å²) in [5.74, 6) is 0.773. The van der Waals surface area contributed by atoms with Crippen LogP contribution in [0.4, 0.5) is 18.9 Å². The Balaban J connectivity index is 2.01. The van der Waals surface area contributed by atoms with Crippen molar-refractivity contribution >= 4 is 5.69 Å². The lowest BCUT2D eigenvalue weighted by molar-refractivity contribution is -0.137. The van der Waals surface area contributed by atoms with Crippen molar-refractivity contribution in [3.8, 4) is 0 Å². The number of hydrogen-bond acceptors (Lipinski definition) is 2. The molecule has 18 heavy (non-hydrogen) atoms. The Kier molecular flexibility index (Phi) is 3.32. The summed E-state index contributed by atoms with van der Waals surface area (Å²) in [5.41, 5.74) is 0.982. The Labute approximate surface area is 102 Å². The zero-order valence-electron chi connectivity index (χ0n) is 9.71. The van der Waals surface area contributed by atoms with E-state index in [9.17, 15) is 13.2 Å². The number of alkyl halides is 3. The van der Waals surface area contributed by atoms with Gasteiger partial charge in [-0.2, -0.15) is 13.2 Å². The second kappa shape index (κ2) is 4.76. The highest BCUT2D eigenvalue weighted by atomic mass is 19.4. The molecular formula is C13H12F3NO. The molecule has 0 saturated carbocycles. The maximum atomic E-state index is 12.3. The summed E-state index contributed by atoms with van der Waals surface area (Å²) in [7, 11) is 0. The van der Waals surface area contributed by atoms with Crippen molar-refractivity contribution in [3.05, 3.63) is 53.5 Å². The summed E-state index contributed by atoms with van der Waals surface area (Å²) in [4.78, 5) is 0. The number of benzene rings is 1. The minimum Gasteiger partial charge on any atom is -0.467 e. The highest BCUT2D eigenvalue weighted by molar-refractivity contribution is 5.45. The Morgan fingerprint density at radius 3 is 2.28 bits per heavy atom. The van der Waals surface area contributed by atoms with E-state index in [1.54, 1.807) is 6.26 Å². The summed E-state index contributed by atoms with van der Waals surface area (Å²) in [6.07, 6.45) is -2.71. The van der Waals surface area contributed by atoms with Gasteiger partial charge >= 0.3 is 6.18 Å². The average Bonchev–Trinajstić information content (AvgIpc) is 2.72. The van der Waals surface area contributed by atoms with Crippen molar-refractivity contribution < 1.29 is 17.6 Å². The molecule has 0 aliphatic carbocycles. The molecule has 0 amide bonds. The molecule has 1 aromatic heterocycles. The van der Waals surface area contributed by atoms with Crippen molar-refractivity contribution in [2.24, 2.45) is 0 Å². The van der Waals surface area contributed by atoms with Crippen LogP contribution in [0.3, 0.4) is 0 Å². The number of rotatable bonds is 3. The van der Waals surface area contributed by atoms with Gasteiger partial charge in [0.1, 0.15) is 5.76 Å². The minimum atomic E-state index is -4.30. The van der Waals surface area contributed by atoms with Gasteiger partial charge in [0.05, 0.1) is 18.4 Å². The smallest absolute Gasteiger partial charge is 0.416 e. The molecule has 5 heteroatoms. The molecular weight excluding hydrogens is 243 g/mol. The van der Waals surface area contributed by atoms with Gasteiger partial charge in [-0.25, -0.2) is 0 Å². The second-order valence-corrected chi connectivity index (χ2v) is 3.96. The zero-order valence-corrected chi connectivity index (χ0v) is 9.71. The number of nitrogens with one attached hydrogen (secondary N) is 1. The molecule has 0 fully saturated rings. The molecule has 2 aromatic rings. The van der Waals surface area contributed by atoms with Gasteiger partial charge in [0.2, 0.25) is 0 Å². The maximum absolute atomic E-state index is 12.3. The number of aryl methyl sites for hydroxylation is 1. The Hall–Kier alpha value is -1.91. The lowest BCUT2D eigenvalue weighted by Gasteiger charge is -2.09. The van der Waals surface area contributed by atoms with Gasteiger partial charge in [0.15, 0.2) is 0 Å². The number of anilines is 1. The van der Waals surface area contributed by atoms with Crippen LogP contribution in [0.1, 0.15) is 16.9 Å². The van der Waals surface area contributed by atoms with Crippen LogP contribution in [0, 0.1) is 6.92 Å². The van der Waals surface area contributed by atoms with Crippen LogP contribution in [0.2, 0.25) is 0 Å². The topological polar surface area (TPSA) is 25.2 Å². The van der Waals surface area contributed by atoms with Crippen LogP contribution < -0.4 is 5.32 Å². The van der Waals surface area contributed by atoms with E-state index in [1.165, 1.54) is 12.1 Å². The summed E-state index contributed by atoms with van der Waals surface area (Å²) in [5, 5.41) is 3.01. The molecule has 1 heterocycles. The molecule has 0 saturated heterocycles. The number of furan rings is 1. The summed E-state index contributed by atoms with van der Waals surface area (Å²) >= 11 is 0. The Morgan fingerprint density at radius 1 is 1.11 bits per heavy atom. The van der Waals surface area contributed by atoms with E-state index in [4.69, 9.17) is 4.42 Å². The summed E-state index contributed by atoms with van der Waals surface area (Å²) < 4.78 is 42.3. The predicted molar refractivity (Wildman–Crippen MR) is 62.2 cm³/mol. The maximum Gasteiger partial charge on any atom is 0.416 e. The molecule has 1 N–H and O–H groups in total. The monoisotopic (exact) mass is 255 g/mol. The van der Waals surface area contributed by atoms with E-state index in [2.05, 4.69) is 5.32 Å². The third-order valence-electron chi connectivity index (χ3n) is 2.63. The van der Waals surface area contributed by atoms with Crippen molar-refractivity contribution in [1.82, 2.24) is 0 Å². The van der Waals surface area contributed by atoms with Crippen molar-refractivity contribution in [3.63, 3.8) is 0 Å². The number of hydrogen-bond donors (Lipinski definition) is 1. The van der Waals surface area contributed by atoms with Crippen molar-refractivity contribution in [2.75, 3.05) is 5.32 Å². The van der Waals surface area contributed by atoms with E-state index < -0.39 is 11.7 Å². The first-order valence-electron chi connectivity index (χ1n) is 5.41. The van der Waals surface area contributed by atoms with Gasteiger partial charge < -0.3 is 9.73 Å². The highest BCUT2D eigenvalue weighted by Crippen LogP contribution is 2.29. The van der Waals surface area contributed by atoms with Gasteiger partial charge in [-0.05, 0) is 42.8 Å². The molecule has 0 bridgehead atoms. The summed E-state index contributed by atoms with van der Waals surface area (Å²) in [6.45, 7) is 2.36. The first kappa shape index (κ1) is 12.5. The molecule has 0 radical (unpaired) electrons. The Morgan fingerprint density at radius 2 is 1.78 bits per heavy atom. The van der Waals surface area contributed by atoms with Gasteiger partial charge in [0, 0.05) is 5.69 Å². The molecule has 0 unspecified atom stereocenters. The largest absolute Gasteiger partial charge is 0.467 e. The van der Waals surface area contributed by atoms with Crippen LogP contribution >= 0.6 is 0 Å². The SMILES string of the molecule is Cc1ccoc1CNc1ccc(C(F)(F)F)cc1. The lowest BCUT2D eigenvalue weighted by Crippen LogP contribution is -2.05. The van der Waals surface area contributed by atoms with Gasteiger partial charge in [-0.15, -0.1) is 0 Å². The van der Waals surface area contributed by atoms with Crippen molar-refractivity contribution in [2.45, 2.75) is 19.6 Å². The number of halogens is 3. The van der Waals surface area contributed by atoms with Crippen LogP contribution in [0.15, 0.2) is 41.0 Å². The third-order valence-corrected chi connectivity index (χ3v) is 2.63. The van der Waals surface area contributed by atoms with E-state index >= 15 is 0 Å². The first-order chi connectivity index (χ1) is 8.47. The van der Waals surface area contributed by atoms with Crippen LogP contribution in [-0.4, -0.2) is 0 Å². The first-order valence-corrected chi connectivity index (χ1v) is 5.41. The molecule has 1 aromatic carbocycles. The zero-order chi connectivity index (χ0) is 13.2. The van der Waals surface area contributed by atoms with Crippen LogP contribution in [0.25, 0.3) is 0 Å². The van der Waals surface area contributed by atoms with Crippen LogP contribution in [-0.2, 0) is 12.7 Å². The van der Waals surface area contributed by atoms with Crippen LogP contribution in [0.5, 0.6) is 0 Å². The molecule has 0 atom stereocenters. The Bertz CT molecular complexity index is 514. The van der Waals surface area contributed by atoms with Gasteiger partial charge in [-0.1, -0.05) is 0 Å². The van der Waals surface area contributed by atoms with E-state index in [0.29, 0.717) is 12.2 Å². The fraction of sp³-hybridized carbons (Fsp3) is 0.231.